The summed E-state index contributed by atoms with van der Waals surface area (Å²) in [5.41, 5.74) is 2.28. The fourth-order valence-corrected chi connectivity index (χ4v) is 8.42. The number of phosphoric acid groups is 1. The molecule has 0 aliphatic carbocycles. The minimum atomic E-state index is -5.52. The van der Waals surface area contributed by atoms with Gasteiger partial charge in [0.1, 0.15) is 74.5 Å². The van der Waals surface area contributed by atoms with Crippen LogP contribution in [0.2, 0.25) is 0 Å². The highest BCUT2D eigenvalue weighted by Crippen LogP contribution is 2.47. The first kappa shape index (κ1) is 47.6. The Labute approximate surface area is 323 Å². The number of hydrogen-bond donors (Lipinski definition) is 11. The van der Waals surface area contributed by atoms with Gasteiger partial charge in [0.15, 0.2) is 12.5 Å². The van der Waals surface area contributed by atoms with Crippen molar-refractivity contribution in [3.63, 3.8) is 0 Å². The van der Waals surface area contributed by atoms with Gasteiger partial charge in [-0.15, -0.1) is 0 Å². The van der Waals surface area contributed by atoms with E-state index in [-0.39, 0.29) is 5.82 Å². The number of nitrogens with two attached hydrogens (primary N) is 1. The maximum Gasteiger partial charge on any atom is 0.351 e. The molecule has 4 rings (SSSR count). The number of ether oxygens (including phenoxy) is 4. The number of carbonyl (C=O) groups excluding carboxylic acids is 1. The molecule has 57 heavy (non-hydrogen) atoms. The van der Waals surface area contributed by atoms with Crippen molar-refractivity contribution in [1.29, 1.82) is 0 Å². The van der Waals surface area contributed by atoms with Crippen LogP contribution in [0.25, 0.3) is 0 Å². The number of nitrogen functional groups attached to an aromatic ring is 1. The van der Waals surface area contributed by atoms with Gasteiger partial charge < -0.3 is 104 Å². The fraction of sp³-hybridized carbons (Fsp3) is 0.828. The molecule has 328 valence electrons. The van der Waals surface area contributed by atoms with E-state index in [0.717, 1.165) is 24.8 Å². The Morgan fingerprint density at radius 2 is 1.67 bits per heavy atom. The zero-order chi connectivity index (χ0) is 42.6. The highest BCUT2D eigenvalue weighted by atomic mass is 31.2. The summed E-state index contributed by atoms with van der Waals surface area (Å²) in [5.74, 6) is -0.897. The van der Waals surface area contributed by atoms with E-state index in [0.29, 0.717) is 0 Å². The van der Waals surface area contributed by atoms with E-state index in [1.54, 1.807) is 0 Å². The molecule has 8 unspecified atom stereocenters. The smallest absolute Gasteiger partial charge is 0.351 e. The molecule has 4 heterocycles. The molecule has 3 aliphatic rings. The third-order valence-corrected chi connectivity index (χ3v) is 11.8. The lowest BCUT2D eigenvalue weighted by Gasteiger charge is -2.50. The second kappa shape index (κ2) is 19.5. The third-order valence-electron chi connectivity index (χ3n) is 9.55. The number of carbonyl (C=O) groups is 1. The summed E-state index contributed by atoms with van der Waals surface area (Å²) in [7, 11) is -9.52. The number of phosphoric ester groups is 1. The van der Waals surface area contributed by atoms with E-state index in [4.69, 9.17) is 38.3 Å². The van der Waals surface area contributed by atoms with Crippen molar-refractivity contribution >= 4 is 27.1 Å². The predicted molar refractivity (Wildman–Crippen MR) is 180 cm³/mol. The standard InChI is InChI=1S/C29H50N4O22P2/c1-12(35)31-18-13(36)7-29(55-25(18)19(38)14(37)8-34,11-52-57(47,48)51-10-16-20(39)22(41)24(43)27(49-2)54-16)4-6-56(45,46)50-9-15-21(40)23(42)26(53-15)33-5-3-17(30)32-28(33)44/h3,5,13-16,18-27,34,36-43H,4,6-11H2,1-2H3,(H,31,35)(H,45,46)(H,47,48)(H2,30,32,44)/p-2/t13-,14-,15-,16?,18-,19-,20+,21?,22?,23?,24?,25?,26-,27-,29+/m1/s1. The quantitative estimate of drug-likeness (QED) is 0.0611. The van der Waals surface area contributed by atoms with Crippen LogP contribution in [-0.4, -0.2) is 186 Å². The van der Waals surface area contributed by atoms with E-state index in [9.17, 15) is 74.5 Å². The number of methoxy groups -OCH3 is 1. The van der Waals surface area contributed by atoms with Crippen LogP contribution in [-0.2, 0) is 46.4 Å². The molecule has 26 nitrogen and oxygen atoms in total. The van der Waals surface area contributed by atoms with E-state index in [2.05, 4.69) is 10.3 Å². The summed E-state index contributed by atoms with van der Waals surface area (Å²) in [6.07, 6.45) is -24.2. The number of rotatable bonds is 18. The number of nitrogens with zero attached hydrogens (tertiary/aromatic N) is 2. The predicted octanol–water partition coefficient (Wildman–Crippen LogP) is -7.53. The Balaban J connectivity index is 1.52. The Bertz CT molecular complexity index is 1660. The summed E-state index contributed by atoms with van der Waals surface area (Å²) < 4.78 is 63.4. The maximum atomic E-state index is 13.2. The Morgan fingerprint density at radius 1 is 1.04 bits per heavy atom. The zero-order valence-electron chi connectivity index (χ0n) is 30.4. The molecule has 17 atom stereocenters. The summed E-state index contributed by atoms with van der Waals surface area (Å²) in [4.78, 5) is 53.9. The van der Waals surface area contributed by atoms with E-state index in [1.165, 1.54) is 6.07 Å². The first-order valence-electron chi connectivity index (χ1n) is 17.3. The lowest BCUT2D eigenvalue weighted by Crippen LogP contribution is -2.66. The van der Waals surface area contributed by atoms with Crippen molar-refractivity contribution in [2.75, 3.05) is 45.4 Å². The number of aliphatic hydroxyl groups excluding tert-OH is 9. The number of aromatic nitrogens is 2. The van der Waals surface area contributed by atoms with Crippen molar-refractivity contribution in [2.45, 2.75) is 111 Å². The second-order valence-electron chi connectivity index (χ2n) is 13.7. The highest BCUT2D eigenvalue weighted by Gasteiger charge is 2.52. The number of amides is 1. The van der Waals surface area contributed by atoms with Crippen molar-refractivity contribution in [3.8, 4) is 0 Å². The van der Waals surface area contributed by atoms with Crippen molar-refractivity contribution in [1.82, 2.24) is 14.9 Å². The summed E-state index contributed by atoms with van der Waals surface area (Å²) >= 11 is 0. The molecule has 0 saturated carbocycles. The molecule has 1 aromatic rings. The van der Waals surface area contributed by atoms with Gasteiger partial charge in [0.05, 0.1) is 44.2 Å². The van der Waals surface area contributed by atoms with Gasteiger partial charge in [0.2, 0.25) is 5.91 Å². The van der Waals surface area contributed by atoms with Crippen LogP contribution in [0.15, 0.2) is 17.1 Å². The van der Waals surface area contributed by atoms with Gasteiger partial charge in [-0.3, -0.25) is 13.9 Å². The molecule has 12 N–H and O–H groups in total. The molecular formula is C29H48N4O22P2-2. The molecule has 0 aromatic carbocycles. The van der Waals surface area contributed by atoms with Crippen molar-refractivity contribution in [2.24, 2.45) is 0 Å². The van der Waals surface area contributed by atoms with Crippen LogP contribution in [0, 0.1) is 0 Å². The topological polar surface area (TPSA) is 417 Å². The van der Waals surface area contributed by atoms with E-state index in [1.807, 2.05) is 0 Å². The molecule has 28 heteroatoms. The van der Waals surface area contributed by atoms with Crippen LogP contribution in [0.4, 0.5) is 5.82 Å². The molecule has 3 saturated heterocycles. The van der Waals surface area contributed by atoms with Gasteiger partial charge in [-0.25, -0.2) is 4.79 Å². The van der Waals surface area contributed by atoms with Gasteiger partial charge in [-0.2, -0.15) is 4.98 Å². The van der Waals surface area contributed by atoms with E-state index >= 15 is 0 Å². The first-order chi connectivity index (χ1) is 26.5. The average Bonchev–Trinajstić information content (AvgIpc) is 3.43. The van der Waals surface area contributed by atoms with Gasteiger partial charge in [0, 0.05) is 32.8 Å². The Hall–Kier alpha value is -2.11. The molecule has 3 fully saturated rings. The normalized spacial score (nSPS) is 37.8. The maximum absolute atomic E-state index is 13.2. The monoisotopic (exact) mass is 866 g/mol. The minimum Gasteiger partial charge on any atom is -0.778 e. The Morgan fingerprint density at radius 3 is 2.28 bits per heavy atom. The summed E-state index contributed by atoms with van der Waals surface area (Å²) in [5, 5.41) is 95.4. The Kier molecular flexibility index (Phi) is 16.3. The van der Waals surface area contributed by atoms with Gasteiger partial charge >= 0.3 is 5.69 Å². The second-order valence-corrected chi connectivity index (χ2v) is 17.1. The molecule has 0 radical (unpaired) electrons. The molecular weight excluding hydrogens is 818 g/mol. The summed E-state index contributed by atoms with van der Waals surface area (Å²) in [6.45, 7) is -3.11. The van der Waals surface area contributed by atoms with Crippen LogP contribution in [0.3, 0.4) is 0 Å². The van der Waals surface area contributed by atoms with Crippen LogP contribution < -0.4 is 26.5 Å². The van der Waals surface area contributed by atoms with Crippen molar-refractivity contribution in [3.05, 3.63) is 22.7 Å². The zero-order valence-corrected chi connectivity index (χ0v) is 32.2. The third kappa shape index (κ3) is 11.8. The molecule has 3 aliphatic heterocycles. The summed E-state index contributed by atoms with van der Waals surface area (Å²) in [6, 6.07) is -0.306. The average molecular weight is 867 g/mol. The molecule has 1 amide bonds. The van der Waals surface area contributed by atoms with Crippen LogP contribution in [0.1, 0.15) is 26.0 Å². The minimum absolute atomic E-state index is 0.146. The lowest BCUT2D eigenvalue weighted by atomic mass is 9.82. The van der Waals surface area contributed by atoms with Crippen molar-refractivity contribution < 1.29 is 102 Å². The number of aliphatic hydroxyl groups is 9. The SMILES string of the molecule is CO[C@@H]1OC(COP(=O)([O-])OC[C@]2(CCP(=O)([O-])OC[C@H]3O[C@@H](n4ccc(N)nc4=O)C(O)C3O)C[C@@H](O)[C@@H](NC(C)=O)C([C@H](O)[C@H](O)CO)O2)[C@H](O)C(O)C1O. The highest BCUT2D eigenvalue weighted by molar-refractivity contribution is 7.51. The van der Waals surface area contributed by atoms with Gasteiger partial charge in [0.25, 0.3) is 7.82 Å². The number of anilines is 1. The van der Waals surface area contributed by atoms with Crippen LogP contribution in [0.5, 0.6) is 0 Å². The number of nitrogens with one attached hydrogen (secondary N) is 1. The van der Waals surface area contributed by atoms with Crippen LogP contribution >= 0.6 is 15.4 Å². The van der Waals surface area contributed by atoms with E-state index < -0.39 is 164 Å². The largest absolute Gasteiger partial charge is 0.778 e. The van der Waals surface area contributed by atoms with Gasteiger partial charge in [-0.05, 0) is 12.5 Å². The lowest BCUT2D eigenvalue weighted by molar-refractivity contribution is -0.298. The molecule has 0 spiro atoms. The molecule has 1 aromatic heterocycles. The number of hydrogen-bond acceptors (Lipinski definition) is 24. The van der Waals surface area contributed by atoms with Gasteiger partial charge in [-0.1, -0.05) is 0 Å². The first-order valence-corrected chi connectivity index (χ1v) is 20.5. The fourth-order valence-electron chi connectivity index (χ4n) is 6.44. The molecule has 0 bridgehead atoms.